The van der Waals surface area contributed by atoms with Gasteiger partial charge in [0, 0.05) is 69.5 Å². The molecule has 10 nitrogen and oxygen atoms in total. The van der Waals surface area contributed by atoms with Crippen molar-refractivity contribution < 1.29 is 22.7 Å². The fraction of sp³-hybridized carbons (Fsp3) is 0.394. The second-order valence-corrected chi connectivity index (χ2v) is 11.9. The lowest BCUT2D eigenvalue weighted by molar-refractivity contribution is -0.138. The number of benzene rings is 1. The number of morpholine rings is 1. The molecule has 0 spiro atoms. The number of fused-ring (bicyclic) bond motifs is 1. The van der Waals surface area contributed by atoms with Gasteiger partial charge in [-0.2, -0.15) is 13.2 Å². The first-order valence-corrected chi connectivity index (χ1v) is 15.2. The van der Waals surface area contributed by atoms with Crippen LogP contribution in [0.5, 0.6) is 0 Å². The van der Waals surface area contributed by atoms with Gasteiger partial charge < -0.3 is 19.9 Å². The molecule has 0 saturated carbocycles. The number of amides is 1. The molecule has 0 aliphatic carbocycles. The number of ether oxygens (including phenoxy) is 1. The Labute approximate surface area is 265 Å². The van der Waals surface area contributed by atoms with Gasteiger partial charge in [0.15, 0.2) is 5.65 Å². The zero-order valence-corrected chi connectivity index (χ0v) is 25.9. The van der Waals surface area contributed by atoms with Crippen LogP contribution in [0.25, 0.3) is 5.65 Å². The Balaban J connectivity index is 1.17. The van der Waals surface area contributed by atoms with Gasteiger partial charge in [-0.3, -0.25) is 14.7 Å². The van der Waals surface area contributed by atoms with Crippen molar-refractivity contribution in [3.63, 3.8) is 0 Å². The summed E-state index contributed by atoms with van der Waals surface area (Å²) in [6.45, 7) is 8.69. The van der Waals surface area contributed by atoms with E-state index in [1.165, 1.54) is 24.5 Å². The van der Waals surface area contributed by atoms with Crippen molar-refractivity contribution in [1.82, 2.24) is 29.4 Å². The van der Waals surface area contributed by atoms with Crippen LogP contribution < -0.4 is 10.2 Å². The molecule has 6 rings (SSSR count). The average Bonchev–Trinajstić information content (AvgIpc) is 3.43. The van der Waals surface area contributed by atoms with Crippen LogP contribution in [-0.4, -0.2) is 93.8 Å². The SMILES string of the molecule is C[C@@H]1CN(c2ccc3ncc(C#Cc4cncc(C(=O)Nc5ccc(CN6CCN(C)CC6)c(C(F)(F)F)c5)c4)n3n2)C[C@@H](C)O1. The van der Waals surface area contributed by atoms with Gasteiger partial charge in [-0.05, 0) is 62.7 Å². The van der Waals surface area contributed by atoms with Crippen molar-refractivity contribution in [3.05, 3.63) is 82.9 Å². The van der Waals surface area contributed by atoms with E-state index in [9.17, 15) is 18.0 Å². The van der Waals surface area contributed by atoms with Crippen LogP contribution in [0.2, 0.25) is 0 Å². The predicted octanol–water partition coefficient (Wildman–Crippen LogP) is 4.16. The molecule has 1 aromatic carbocycles. The quantitative estimate of drug-likeness (QED) is 0.329. The van der Waals surface area contributed by atoms with Gasteiger partial charge in [0.1, 0.15) is 11.5 Å². The number of nitrogens with one attached hydrogen (secondary N) is 1. The van der Waals surface area contributed by atoms with E-state index in [1.807, 2.05) is 37.9 Å². The van der Waals surface area contributed by atoms with Crippen LogP contribution in [0.3, 0.4) is 0 Å². The summed E-state index contributed by atoms with van der Waals surface area (Å²) in [6, 6.07) is 9.28. The molecular formula is C33H35F3N8O2. The molecule has 0 radical (unpaired) electrons. The van der Waals surface area contributed by atoms with Gasteiger partial charge in [-0.25, -0.2) is 9.50 Å². The largest absolute Gasteiger partial charge is 0.416 e. The van der Waals surface area contributed by atoms with Crippen molar-refractivity contribution >= 4 is 23.1 Å². The maximum atomic E-state index is 14.0. The number of hydrogen-bond acceptors (Lipinski definition) is 8. The van der Waals surface area contributed by atoms with E-state index in [-0.39, 0.29) is 35.6 Å². The van der Waals surface area contributed by atoms with E-state index >= 15 is 0 Å². The molecule has 13 heteroatoms. The van der Waals surface area contributed by atoms with Crippen molar-refractivity contribution in [2.24, 2.45) is 0 Å². The summed E-state index contributed by atoms with van der Waals surface area (Å²) in [6.07, 6.45) is 0.0826. The van der Waals surface area contributed by atoms with Gasteiger partial charge >= 0.3 is 6.18 Å². The van der Waals surface area contributed by atoms with Crippen LogP contribution in [0.4, 0.5) is 24.7 Å². The molecule has 4 aromatic rings. The number of nitrogens with zero attached hydrogens (tertiary/aromatic N) is 7. The molecule has 2 atom stereocenters. The summed E-state index contributed by atoms with van der Waals surface area (Å²) in [5.74, 6) is 6.26. The van der Waals surface area contributed by atoms with Crippen LogP contribution in [-0.2, 0) is 17.5 Å². The Hall–Kier alpha value is -4.51. The van der Waals surface area contributed by atoms with Crippen LogP contribution in [0, 0.1) is 11.8 Å². The second kappa shape index (κ2) is 13.1. The number of aromatic nitrogens is 4. The number of halogens is 3. The van der Waals surface area contributed by atoms with Gasteiger partial charge in [-0.1, -0.05) is 12.0 Å². The van der Waals surface area contributed by atoms with Crippen molar-refractivity contribution in [2.75, 3.05) is 56.5 Å². The van der Waals surface area contributed by atoms with E-state index < -0.39 is 17.6 Å². The standard InChI is InChI=1S/C33H35F3N8O2/c1-22-19-43(20-23(2)46-22)31-9-8-30-38-18-28(44(30)40-31)7-4-24-14-26(17-37-16-24)32(45)39-27-6-5-25(29(15-27)33(34,35)36)21-42-12-10-41(3)11-13-42/h5-6,8-9,14-18,22-23H,10-13,19-21H2,1-3H3,(H,39,45)/t22-,23-/m1/s1. The van der Waals surface area contributed by atoms with Gasteiger partial charge in [0.05, 0.1) is 29.5 Å². The third-order valence-electron chi connectivity index (χ3n) is 8.09. The first kappa shape index (κ1) is 31.5. The molecular weight excluding hydrogens is 597 g/mol. The lowest BCUT2D eigenvalue weighted by Gasteiger charge is -2.35. The maximum Gasteiger partial charge on any atom is 0.416 e. The molecule has 1 N–H and O–H groups in total. The molecule has 240 valence electrons. The minimum Gasteiger partial charge on any atom is -0.372 e. The molecule has 2 fully saturated rings. The number of alkyl halides is 3. The normalized spacial score (nSPS) is 19.6. The summed E-state index contributed by atoms with van der Waals surface area (Å²) in [5, 5.41) is 7.34. The van der Waals surface area contributed by atoms with E-state index in [0.717, 1.165) is 38.1 Å². The Kier molecular flexibility index (Phi) is 8.95. The molecule has 3 aromatic heterocycles. The van der Waals surface area contributed by atoms with Crippen molar-refractivity contribution in [2.45, 2.75) is 38.8 Å². The van der Waals surface area contributed by atoms with Crippen molar-refractivity contribution in [1.29, 1.82) is 0 Å². The number of piperazine rings is 1. The fourth-order valence-corrected chi connectivity index (χ4v) is 5.76. The van der Waals surface area contributed by atoms with Crippen molar-refractivity contribution in [3.8, 4) is 11.8 Å². The Bertz CT molecular complexity index is 1780. The number of carbonyl (C=O) groups excluding carboxylic acids is 1. The molecule has 5 heterocycles. The zero-order valence-electron chi connectivity index (χ0n) is 25.9. The molecule has 2 aliphatic heterocycles. The minimum absolute atomic E-state index is 0.0487. The Morgan fingerprint density at radius 2 is 1.76 bits per heavy atom. The highest BCUT2D eigenvalue weighted by Gasteiger charge is 2.34. The maximum absolute atomic E-state index is 14.0. The van der Waals surface area contributed by atoms with E-state index in [2.05, 4.69) is 36.9 Å². The molecule has 0 bridgehead atoms. The smallest absolute Gasteiger partial charge is 0.372 e. The highest BCUT2D eigenvalue weighted by atomic mass is 19.4. The van der Waals surface area contributed by atoms with E-state index in [4.69, 9.17) is 9.84 Å². The van der Waals surface area contributed by atoms with Crippen LogP contribution in [0.15, 0.2) is 55.0 Å². The van der Waals surface area contributed by atoms with Gasteiger partial charge in [0.25, 0.3) is 5.91 Å². The molecule has 1 amide bonds. The topological polar surface area (TPSA) is 91.1 Å². The molecule has 2 saturated heterocycles. The number of hydrogen-bond donors (Lipinski definition) is 1. The number of carbonyl (C=O) groups is 1. The Morgan fingerprint density at radius 3 is 2.50 bits per heavy atom. The van der Waals surface area contributed by atoms with E-state index in [0.29, 0.717) is 30.0 Å². The monoisotopic (exact) mass is 632 g/mol. The summed E-state index contributed by atoms with van der Waals surface area (Å²) in [7, 11) is 2.00. The zero-order chi connectivity index (χ0) is 32.4. The number of pyridine rings is 1. The van der Waals surface area contributed by atoms with Gasteiger partial charge in [0.2, 0.25) is 0 Å². The van der Waals surface area contributed by atoms with Crippen LogP contribution in [0.1, 0.15) is 46.6 Å². The first-order valence-electron chi connectivity index (χ1n) is 15.2. The Morgan fingerprint density at radius 1 is 1.00 bits per heavy atom. The fourth-order valence-electron chi connectivity index (χ4n) is 5.76. The molecule has 2 aliphatic rings. The number of imidazole rings is 1. The molecule has 0 unspecified atom stereocenters. The predicted molar refractivity (Wildman–Crippen MR) is 168 cm³/mol. The summed E-state index contributed by atoms with van der Waals surface area (Å²) in [4.78, 5) is 27.9. The van der Waals surface area contributed by atoms with E-state index in [1.54, 1.807) is 16.8 Å². The summed E-state index contributed by atoms with van der Waals surface area (Å²) >= 11 is 0. The lowest BCUT2D eigenvalue weighted by Crippen LogP contribution is -2.46. The first-order chi connectivity index (χ1) is 22.0. The second-order valence-electron chi connectivity index (χ2n) is 11.9. The minimum atomic E-state index is -4.56. The number of likely N-dealkylation sites (N-methyl/N-ethyl adjacent to an activating group) is 1. The highest BCUT2D eigenvalue weighted by Crippen LogP contribution is 2.35. The summed E-state index contributed by atoms with van der Waals surface area (Å²) in [5.41, 5.74) is 1.27. The number of rotatable bonds is 5. The lowest BCUT2D eigenvalue weighted by atomic mass is 10.0. The van der Waals surface area contributed by atoms with Crippen LogP contribution >= 0.6 is 0 Å². The highest BCUT2D eigenvalue weighted by molar-refractivity contribution is 6.04. The molecule has 46 heavy (non-hydrogen) atoms. The third kappa shape index (κ3) is 7.31. The number of anilines is 2. The summed E-state index contributed by atoms with van der Waals surface area (Å²) < 4.78 is 49.6. The van der Waals surface area contributed by atoms with Gasteiger partial charge in [-0.15, -0.1) is 5.10 Å². The average molecular weight is 633 g/mol. The third-order valence-corrected chi connectivity index (χ3v) is 8.09.